The van der Waals surface area contributed by atoms with Gasteiger partial charge in [0.15, 0.2) is 5.78 Å². The van der Waals surface area contributed by atoms with Crippen molar-refractivity contribution in [2.75, 3.05) is 14.2 Å². The Hall–Kier alpha value is -3.16. The summed E-state index contributed by atoms with van der Waals surface area (Å²) in [6.07, 6.45) is 10.6. The van der Waals surface area contributed by atoms with Crippen LogP contribution in [-0.2, 0) is 30.3 Å². The topological polar surface area (TPSA) is 111 Å². The predicted octanol–water partition coefficient (Wildman–Crippen LogP) is 7.59. The standard InChI is InChI=1S/C42H60N2O6/c1-37(2)31-15-18-42(7)33(30(45)24-27-28-25-39(4,35(47)50-9)20-19-38(28,3)21-22-41(27,42)6)40(31,5)17-16-32(37)44-36(48)43-29(34(46)49-8)23-26-13-11-10-12-14-26/h10-14,24,28-29,31-33H,15-23,25H2,1-9H3,(H2,43,44,48)/t28?,29-,31?,32?,33?,38?,39?,40?,41?,42?/m0/s1. The van der Waals surface area contributed by atoms with Gasteiger partial charge in [-0.15, -0.1) is 0 Å². The van der Waals surface area contributed by atoms with Gasteiger partial charge in [-0.2, -0.15) is 0 Å². The Morgan fingerprint density at radius 3 is 2.20 bits per heavy atom. The zero-order chi connectivity index (χ0) is 36.5. The number of urea groups is 1. The molecule has 1 aromatic rings. The second-order valence-electron chi connectivity index (χ2n) is 18.5. The molecule has 0 aliphatic heterocycles. The van der Waals surface area contributed by atoms with E-state index in [4.69, 9.17) is 9.47 Å². The fraction of sp³-hybridized carbons (Fsp3) is 0.714. The number of ketones is 1. The molecule has 6 rings (SSSR count). The van der Waals surface area contributed by atoms with Crippen molar-refractivity contribution in [1.82, 2.24) is 10.6 Å². The summed E-state index contributed by atoms with van der Waals surface area (Å²) >= 11 is 0. The molecule has 1 aromatic carbocycles. The number of carbonyl (C=O) groups is 4. The van der Waals surface area contributed by atoms with Crippen molar-refractivity contribution < 1.29 is 28.7 Å². The van der Waals surface area contributed by atoms with Crippen LogP contribution >= 0.6 is 0 Å². The van der Waals surface area contributed by atoms with E-state index in [9.17, 15) is 19.2 Å². The van der Waals surface area contributed by atoms with Crippen molar-refractivity contribution in [3.8, 4) is 0 Å². The van der Waals surface area contributed by atoms with Crippen molar-refractivity contribution in [3.05, 3.63) is 47.5 Å². The van der Waals surface area contributed by atoms with Crippen LogP contribution in [0, 0.1) is 50.2 Å². The molecular formula is C42H60N2O6. The van der Waals surface area contributed by atoms with Gasteiger partial charge in [0.1, 0.15) is 6.04 Å². The van der Waals surface area contributed by atoms with Crippen molar-refractivity contribution >= 4 is 23.8 Å². The van der Waals surface area contributed by atoms with E-state index in [2.05, 4.69) is 65.2 Å². The Morgan fingerprint density at radius 1 is 0.860 bits per heavy atom. The van der Waals surface area contributed by atoms with E-state index in [1.807, 2.05) is 30.3 Å². The molecule has 4 fully saturated rings. The van der Waals surface area contributed by atoms with Crippen LogP contribution < -0.4 is 10.6 Å². The van der Waals surface area contributed by atoms with Crippen molar-refractivity contribution in [2.24, 2.45) is 50.2 Å². The molecule has 0 heterocycles. The van der Waals surface area contributed by atoms with Crippen LogP contribution in [0.25, 0.3) is 0 Å². The quantitative estimate of drug-likeness (QED) is 0.298. The molecule has 5 aliphatic rings. The van der Waals surface area contributed by atoms with Gasteiger partial charge in [0.2, 0.25) is 0 Å². The number of methoxy groups -OCH3 is 2. The van der Waals surface area contributed by atoms with Gasteiger partial charge in [-0.1, -0.05) is 77.4 Å². The van der Waals surface area contributed by atoms with E-state index in [0.29, 0.717) is 6.42 Å². The molecule has 0 bridgehead atoms. The Morgan fingerprint density at radius 2 is 1.54 bits per heavy atom. The molecule has 0 aromatic heterocycles. The minimum Gasteiger partial charge on any atom is -0.469 e. The number of esters is 2. The van der Waals surface area contributed by atoms with E-state index >= 15 is 0 Å². The van der Waals surface area contributed by atoms with Crippen LogP contribution in [0.2, 0.25) is 0 Å². The lowest BCUT2D eigenvalue weighted by Crippen LogP contribution is -2.68. The average molecular weight is 689 g/mol. The van der Waals surface area contributed by atoms with Crippen LogP contribution in [0.4, 0.5) is 4.79 Å². The van der Waals surface area contributed by atoms with E-state index in [-0.39, 0.29) is 68.7 Å². The summed E-state index contributed by atoms with van der Waals surface area (Å²) in [5.41, 5.74) is 0.892. The molecule has 8 heteroatoms. The fourth-order valence-electron chi connectivity index (χ4n) is 12.4. The molecule has 4 saturated carbocycles. The molecule has 5 aliphatic carbocycles. The molecule has 10 atom stereocenters. The Balaban J connectivity index is 1.25. The smallest absolute Gasteiger partial charge is 0.328 e. The lowest BCUT2D eigenvalue weighted by Gasteiger charge is -2.70. The third-order valence-electron chi connectivity index (χ3n) is 15.7. The first-order valence-electron chi connectivity index (χ1n) is 18.9. The molecule has 0 radical (unpaired) electrons. The number of fused-ring (bicyclic) bond motifs is 7. The lowest BCUT2D eigenvalue weighted by molar-refractivity contribution is -0.189. The maximum absolute atomic E-state index is 14.8. The van der Waals surface area contributed by atoms with E-state index < -0.39 is 17.4 Å². The monoisotopic (exact) mass is 688 g/mol. The summed E-state index contributed by atoms with van der Waals surface area (Å²) in [5, 5.41) is 6.17. The molecule has 9 unspecified atom stereocenters. The number of amides is 2. The van der Waals surface area contributed by atoms with Crippen molar-refractivity contribution in [2.45, 2.75) is 125 Å². The highest BCUT2D eigenvalue weighted by molar-refractivity contribution is 5.96. The first-order valence-corrected chi connectivity index (χ1v) is 18.9. The van der Waals surface area contributed by atoms with Gasteiger partial charge in [-0.25, -0.2) is 9.59 Å². The lowest BCUT2D eigenvalue weighted by atomic mass is 9.33. The second kappa shape index (κ2) is 12.5. The number of benzene rings is 1. The van der Waals surface area contributed by atoms with Gasteiger partial charge in [-0.05, 0) is 115 Å². The van der Waals surface area contributed by atoms with Crippen LogP contribution in [0.1, 0.15) is 112 Å². The molecule has 8 nitrogen and oxygen atoms in total. The summed E-state index contributed by atoms with van der Waals surface area (Å²) in [7, 11) is 2.83. The van der Waals surface area contributed by atoms with Crippen LogP contribution in [0.15, 0.2) is 42.0 Å². The highest BCUT2D eigenvalue weighted by Gasteiger charge is 2.70. The van der Waals surface area contributed by atoms with Crippen LogP contribution in [-0.4, -0.2) is 50.1 Å². The number of hydrogen-bond donors (Lipinski definition) is 2. The third-order valence-corrected chi connectivity index (χ3v) is 15.7. The zero-order valence-corrected chi connectivity index (χ0v) is 31.9. The highest BCUT2D eigenvalue weighted by Crippen LogP contribution is 2.75. The fourth-order valence-corrected chi connectivity index (χ4v) is 12.4. The van der Waals surface area contributed by atoms with Gasteiger partial charge in [0, 0.05) is 18.4 Å². The SMILES string of the molecule is COC(=O)[C@H](Cc1ccccc1)NC(=O)NC1CCC2(C)C(CCC3(C)C2C(=O)C=C2C4CC(C)(C(=O)OC)CCC4(C)CCC23C)C1(C)C. The molecule has 2 amide bonds. The third kappa shape index (κ3) is 5.53. The first kappa shape index (κ1) is 36.6. The molecular weight excluding hydrogens is 628 g/mol. The van der Waals surface area contributed by atoms with Gasteiger partial charge in [0.25, 0.3) is 0 Å². The van der Waals surface area contributed by atoms with Crippen LogP contribution in [0.5, 0.6) is 0 Å². The minimum absolute atomic E-state index is 0.0731. The Bertz CT molecular complexity index is 1570. The summed E-state index contributed by atoms with van der Waals surface area (Å²) in [6.45, 7) is 16.1. The number of allylic oxidation sites excluding steroid dienone is 2. The molecule has 0 spiro atoms. The number of nitrogens with one attached hydrogen (secondary N) is 2. The number of ether oxygens (including phenoxy) is 2. The summed E-state index contributed by atoms with van der Waals surface area (Å²) in [4.78, 5) is 54.0. The highest BCUT2D eigenvalue weighted by atomic mass is 16.5. The number of rotatable bonds is 6. The van der Waals surface area contributed by atoms with Gasteiger partial charge in [0.05, 0.1) is 19.6 Å². The Kier molecular flexibility index (Phi) is 9.16. The number of carbonyl (C=O) groups excluding carboxylic acids is 4. The second-order valence-corrected chi connectivity index (χ2v) is 18.5. The van der Waals surface area contributed by atoms with Crippen molar-refractivity contribution in [1.29, 1.82) is 0 Å². The van der Waals surface area contributed by atoms with Gasteiger partial charge >= 0.3 is 18.0 Å². The molecule has 2 N–H and O–H groups in total. The minimum atomic E-state index is -0.802. The van der Waals surface area contributed by atoms with Crippen molar-refractivity contribution in [3.63, 3.8) is 0 Å². The first-order chi connectivity index (χ1) is 23.4. The molecule has 274 valence electrons. The van der Waals surface area contributed by atoms with Gasteiger partial charge in [-0.3, -0.25) is 9.59 Å². The normalized spacial score (nSPS) is 40.7. The summed E-state index contributed by atoms with van der Waals surface area (Å²) in [5.74, 6) is -0.0769. The average Bonchev–Trinajstić information content (AvgIpc) is 3.07. The largest absolute Gasteiger partial charge is 0.469 e. The summed E-state index contributed by atoms with van der Waals surface area (Å²) < 4.78 is 10.3. The van der Waals surface area contributed by atoms with E-state index in [0.717, 1.165) is 63.4 Å². The molecule has 50 heavy (non-hydrogen) atoms. The van der Waals surface area contributed by atoms with Crippen LogP contribution in [0.3, 0.4) is 0 Å². The van der Waals surface area contributed by atoms with E-state index in [1.165, 1.54) is 19.8 Å². The van der Waals surface area contributed by atoms with Gasteiger partial charge < -0.3 is 20.1 Å². The maximum atomic E-state index is 14.8. The summed E-state index contributed by atoms with van der Waals surface area (Å²) in [6, 6.07) is 8.32. The molecule has 0 saturated heterocycles. The Labute approximate surface area is 299 Å². The number of hydrogen-bond acceptors (Lipinski definition) is 6. The zero-order valence-electron chi connectivity index (χ0n) is 31.9. The van der Waals surface area contributed by atoms with E-state index in [1.54, 1.807) is 0 Å². The predicted molar refractivity (Wildman–Crippen MR) is 193 cm³/mol. The maximum Gasteiger partial charge on any atom is 0.328 e.